The Morgan fingerprint density at radius 1 is 1.44 bits per heavy atom. The average molecular weight is 226 g/mol. The summed E-state index contributed by atoms with van der Waals surface area (Å²) in [5, 5.41) is 11.9. The molecule has 16 heavy (non-hydrogen) atoms. The van der Waals surface area contributed by atoms with Gasteiger partial charge in [-0.15, -0.1) is 0 Å². The summed E-state index contributed by atoms with van der Waals surface area (Å²) in [6.07, 6.45) is 2.32. The molecule has 2 aliphatic rings. The Hall–Kier alpha value is -1.26. The molecule has 1 aliphatic heterocycles. The lowest BCUT2D eigenvalue weighted by molar-refractivity contribution is -0.141. The highest BCUT2D eigenvalue weighted by molar-refractivity contribution is 5.83. The molecule has 0 bridgehead atoms. The van der Waals surface area contributed by atoms with E-state index in [-0.39, 0.29) is 17.5 Å². The zero-order valence-corrected chi connectivity index (χ0v) is 9.69. The summed E-state index contributed by atoms with van der Waals surface area (Å²) in [5.74, 6) is -0.900. The van der Waals surface area contributed by atoms with E-state index < -0.39 is 12.0 Å². The van der Waals surface area contributed by atoms with Gasteiger partial charge in [0.15, 0.2) is 0 Å². The van der Waals surface area contributed by atoms with Crippen molar-refractivity contribution in [1.29, 1.82) is 0 Å². The van der Waals surface area contributed by atoms with Crippen LogP contribution >= 0.6 is 0 Å². The van der Waals surface area contributed by atoms with Gasteiger partial charge in [0, 0.05) is 12.6 Å². The van der Waals surface area contributed by atoms with Gasteiger partial charge >= 0.3 is 12.0 Å². The molecule has 5 nitrogen and oxygen atoms in total. The van der Waals surface area contributed by atoms with Crippen molar-refractivity contribution >= 4 is 12.0 Å². The van der Waals surface area contributed by atoms with Crippen molar-refractivity contribution in [3.8, 4) is 0 Å². The normalized spacial score (nSPS) is 31.2. The van der Waals surface area contributed by atoms with Crippen LogP contribution in [-0.4, -0.2) is 40.6 Å². The number of hydrogen-bond donors (Lipinski definition) is 2. The van der Waals surface area contributed by atoms with Crippen LogP contribution in [0.4, 0.5) is 4.79 Å². The van der Waals surface area contributed by atoms with Crippen LogP contribution in [-0.2, 0) is 4.79 Å². The maximum absolute atomic E-state index is 11.8. The molecule has 90 valence electrons. The Bertz CT molecular complexity index is 327. The Balaban J connectivity index is 1.92. The summed E-state index contributed by atoms with van der Waals surface area (Å²) >= 11 is 0. The molecule has 1 heterocycles. The van der Waals surface area contributed by atoms with E-state index >= 15 is 0 Å². The van der Waals surface area contributed by atoms with Gasteiger partial charge in [-0.1, -0.05) is 13.8 Å². The van der Waals surface area contributed by atoms with E-state index in [1.807, 2.05) is 0 Å². The minimum absolute atomic E-state index is 0.175. The second-order valence-electron chi connectivity index (χ2n) is 5.38. The topological polar surface area (TPSA) is 69.6 Å². The lowest BCUT2D eigenvalue weighted by Crippen LogP contribution is -2.47. The maximum atomic E-state index is 11.8. The Kier molecular flexibility index (Phi) is 2.56. The van der Waals surface area contributed by atoms with E-state index in [1.165, 1.54) is 4.90 Å². The van der Waals surface area contributed by atoms with Crippen molar-refractivity contribution in [3.05, 3.63) is 0 Å². The zero-order valence-electron chi connectivity index (χ0n) is 9.69. The Morgan fingerprint density at radius 2 is 2.06 bits per heavy atom. The fourth-order valence-corrected chi connectivity index (χ4v) is 2.21. The van der Waals surface area contributed by atoms with Gasteiger partial charge in [0.2, 0.25) is 0 Å². The Morgan fingerprint density at radius 3 is 2.56 bits per heavy atom. The van der Waals surface area contributed by atoms with Crippen LogP contribution in [0.3, 0.4) is 0 Å². The first-order valence-corrected chi connectivity index (χ1v) is 5.72. The molecular formula is C11H18N2O3. The summed E-state index contributed by atoms with van der Waals surface area (Å²) in [6.45, 7) is 4.74. The van der Waals surface area contributed by atoms with Crippen LogP contribution < -0.4 is 5.32 Å². The molecule has 0 aromatic rings. The summed E-state index contributed by atoms with van der Waals surface area (Å²) in [7, 11) is 0. The highest BCUT2D eigenvalue weighted by atomic mass is 16.4. The van der Waals surface area contributed by atoms with Gasteiger partial charge in [0.05, 0.1) is 0 Å². The number of aliphatic carboxylic acids is 1. The molecule has 2 atom stereocenters. The number of hydrogen-bond acceptors (Lipinski definition) is 2. The SMILES string of the molecule is CC1(C)CC1NC(=O)N1CCCC1C(=O)O. The molecule has 5 heteroatoms. The van der Waals surface area contributed by atoms with E-state index in [1.54, 1.807) is 0 Å². The number of urea groups is 1. The number of carboxylic acids is 1. The largest absolute Gasteiger partial charge is 0.480 e. The molecule has 1 saturated carbocycles. The van der Waals surface area contributed by atoms with Crippen molar-refractivity contribution < 1.29 is 14.7 Å². The molecule has 2 rings (SSSR count). The van der Waals surface area contributed by atoms with Crippen molar-refractivity contribution in [2.75, 3.05) is 6.54 Å². The summed E-state index contributed by atoms with van der Waals surface area (Å²) in [4.78, 5) is 24.2. The van der Waals surface area contributed by atoms with Crippen molar-refractivity contribution in [1.82, 2.24) is 10.2 Å². The monoisotopic (exact) mass is 226 g/mol. The summed E-state index contributed by atoms with van der Waals surface area (Å²) < 4.78 is 0. The smallest absolute Gasteiger partial charge is 0.326 e. The van der Waals surface area contributed by atoms with Gasteiger partial charge in [-0.05, 0) is 24.7 Å². The fraction of sp³-hybridized carbons (Fsp3) is 0.818. The van der Waals surface area contributed by atoms with Crippen molar-refractivity contribution in [2.45, 2.75) is 45.2 Å². The maximum Gasteiger partial charge on any atom is 0.326 e. The minimum Gasteiger partial charge on any atom is -0.480 e. The zero-order chi connectivity index (χ0) is 11.9. The lowest BCUT2D eigenvalue weighted by atomic mass is 10.2. The van der Waals surface area contributed by atoms with E-state index in [9.17, 15) is 9.59 Å². The van der Waals surface area contributed by atoms with E-state index in [0.717, 1.165) is 12.8 Å². The molecule has 0 aromatic carbocycles. The molecule has 2 N–H and O–H groups in total. The summed E-state index contributed by atoms with van der Waals surface area (Å²) in [5.41, 5.74) is 0.175. The lowest BCUT2D eigenvalue weighted by Gasteiger charge is -2.22. The molecule has 0 radical (unpaired) electrons. The van der Waals surface area contributed by atoms with E-state index in [2.05, 4.69) is 19.2 Å². The highest BCUT2D eigenvalue weighted by Gasteiger charge is 2.48. The van der Waals surface area contributed by atoms with Crippen molar-refractivity contribution in [2.24, 2.45) is 5.41 Å². The number of likely N-dealkylation sites (tertiary alicyclic amines) is 1. The number of carboxylic acid groups (broad SMARTS) is 1. The predicted molar refractivity (Wildman–Crippen MR) is 58.1 cm³/mol. The van der Waals surface area contributed by atoms with Gasteiger partial charge in [0.1, 0.15) is 6.04 Å². The first-order valence-electron chi connectivity index (χ1n) is 5.72. The fourth-order valence-electron chi connectivity index (χ4n) is 2.21. The highest BCUT2D eigenvalue weighted by Crippen LogP contribution is 2.44. The standard InChI is InChI=1S/C11H18N2O3/c1-11(2)6-8(11)12-10(16)13-5-3-4-7(13)9(14)15/h7-8H,3-6H2,1-2H3,(H,12,16)(H,14,15). The molecule has 0 aromatic heterocycles. The molecule has 1 aliphatic carbocycles. The van der Waals surface area contributed by atoms with Gasteiger partial charge in [0.25, 0.3) is 0 Å². The third-order valence-corrected chi connectivity index (χ3v) is 3.61. The minimum atomic E-state index is -0.900. The van der Waals surface area contributed by atoms with E-state index in [0.29, 0.717) is 13.0 Å². The second kappa shape index (κ2) is 3.64. The van der Waals surface area contributed by atoms with Crippen LogP contribution in [0.1, 0.15) is 33.1 Å². The first-order chi connectivity index (χ1) is 7.42. The first kappa shape index (κ1) is 11.2. The molecular weight excluding hydrogens is 208 g/mol. The van der Waals surface area contributed by atoms with Crippen molar-refractivity contribution in [3.63, 3.8) is 0 Å². The molecule has 2 fully saturated rings. The van der Waals surface area contributed by atoms with Crippen LogP contribution in [0.5, 0.6) is 0 Å². The van der Waals surface area contributed by atoms with Gasteiger partial charge in [-0.25, -0.2) is 9.59 Å². The summed E-state index contributed by atoms with van der Waals surface area (Å²) in [6, 6.07) is -0.655. The third-order valence-electron chi connectivity index (χ3n) is 3.61. The molecule has 2 amide bonds. The molecule has 2 unspecified atom stereocenters. The average Bonchev–Trinajstić information content (AvgIpc) is 2.68. The number of nitrogens with zero attached hydrogens (tertiary/aromatic N) is 1. The van der Waals surface area contributed by atoms with E-state index in [4.69, 9.17) is 5.11 Å². The van der Waals surface area contributed by atoms with Crippen LogP contribution in [0.25, 0.3) is 0 Å². The van der Waals surface area contributed by atoms with Gasteiger partial charge in [-0.2, -0.15) is 0 Å². The molecule has 0 spiro atoms. The third kappa shape index (κ3) is 1.99. The number of carbonyl (C=O) groups is 2. The number of rotatable bonds is 2. The number of amides is 2. The number of nitrogens with one attached hydrogen (secondary N) is 1. The molecule has 1 saturated heterocycles. The van der Waals surface area contributed by atoms with Crippen LogP contribution in [0.2, 0.25) is 0 Å². The van der Waals surface area contributed by atoms with Gasteiger partial charge in [-0.3, -0.25) is 0 Å². The van der Waals surface area contributed by atoms with Gasteiger partial charge < -0.3 is 15.3 Å². The quantitative estimate of drug-likeness (QED) is 0.739. The van der Waals surface area contributed by atoms with Crippen LogP contribution in [0, 0.1) is 5.41 Å². The Labute approximate surface area is 94.8 Å². The predicted octanol–water partition coefficient (Wildman–Crippen LogP) is 1.04. The van der Waals surface area contributed by atoms with Crippen LogP contribution in [0.15, 0.2) is 0 Å². The second-order valence-corrected chi connectivity index (χ2v) is 5.38. The number of carbonyl (C=O) groups excluding carboxylic acids is 1.